The normalized spacial score (nSPS) is 47.8. The number of rotatable bonds is 6. The van der Waals surface area contributed by atoms with Gasteiger partial charge in [0, 0.05) is 48.7 Å². The number of fused-ring (bicyclic) bond motifs is 2. The van der Waals surface area contributed by atoms with Gasteiger partial charge in [0.1, 0.15) is 11.9 Å². The van der Waals surface area contributed by atoms with E-state index in [1.807, 2.05) is 6.92 Å². The van der Waals surface area contributed by atoms with Crippen LogP contribution in [0.2, 0.25) is 0 Å². The minimum Gasteiger partial charge on any atom is -0.445 e. The summed E-state index contributed by atoms with van der Waals surface area (Å²) < 4.78 is 12.4. The van der Waals surface area contributed by atoms with E-state index < -0.39 is 17.6 Å². The van der Waals surface area contributed by atoms with Gasteiger partial charge in [-0.3, -0.25) is 14.9 Å². The molecule has 214 valence electrons. The SMILES string of the molecule is CO[C@@H]1CCC23CC[C@@H](C)[C@](C)(C12)[C@H](OC(=O)NC(=O)[C@H]1CN2CC[C@H]1C2)C[C@@](C)(CCCCl)C(=O)[C@@H]3C. The van der Waals surface area contributed by atoms with Crippen LogP contribution < -0.4 is 5.32 Å². The molecule has 0 aromatic heterocycles. The molecule has 3 aliphatic carbocycles. The molecule has 0 aromatic rings. The third-order valence-electron chi connectivity index (χ3n) is 12.1. The van der Waals surface area contributed by atoms with Crippen LogP contribution in [0.15, 0.2) is 0 Å². The van der Waals surface area contributed by atoms with E-state index in [1.54, 1.807) is 7.11 Å². The monoisotopic (exact) mass is 550 g/mol. The van der Waals surface area contributed by atoms with Gasteiger partial charge in [-0.25, -0.2) is 4.79 Å². The smallest absolute Gasteiger partial charge is 0.414 e. The highest BCUT2D eigenvalue weighted by Crippen LogP contribution is 2.69. The summed E-state index contributed by atoms with van der Waals surface area (Å²) in [5.41, 5.74) is -1.21. The van der Waals surface area contributed by atoms with Crippen LogP contribution in [0.3, 0.4) is 0 Å². The number of halogens is 1. The lowest BCUT2D eigenvalue weighted by molar-refractivity contribution is -0.192. The van der Waals surface area contributed by atoms with Crippen molar-refractivity contribution in [3.63, 3.8) is 0 Å². The molecule has 0 spiro atoms. The first-order chi connectivity index (χ1) is 18.0. The largest absolute Gasteiger partial charge is 0.445 e. The highest BCUT2D eigenvalue weighted by atomic mass is 35.5. The molecule has 8 heteroatoms. The second-order valence-electron chi connectivity index (χ2n) is 13.8. The number of alkyl carbamates (subject to hydrolysis) is 1. The van der Waals surface area contributed by atoms with Crippen molar-refractivity contribution in [2.45, 2.75) is 91.3 Å². The molecule has 0 radical (unpaired) electrons. The van der Waals surface area contributed by atoms with Crippen LogP contribution >= 0.6 is 11.6 Å². The minimum atomic E-state index is -0.671. The Morgan fingerprint density at radius 3 is 2.50 bits per heavy atom. The van der Waals surface area contributed by atoms with Gasteiger partial charge in [0.15, 0.2) is 0 Å². The van der Waals surface area contributed by atoms with Crippen molar-refractivity contribution in [1.29, 1.82) is 0 Å². The molecule has 2 amide bonds. The summed E-state index contributed by atoms with van der Waals surface area (Å²) in [6.45, 7) is 11.4. The molecule has 1 N–H and O–H groups in total. The Morgan fingerprint density at radius 2 is 1.87 bits per heavy atom. The van der Waals surface area contributed by atoms with E-state index in [0.29, 0.717) is 31.2 Å². The van der Waals surface area contributed by atoms with Gasteiger partial charge in [-0.05, 0) is 75.2 Å². The van der Waals surface area contributed by atoms with Gasteiger partial charge in [-0.1, -0.05) is 27.7 Å². The lowest BCUT2D eigenvalue weighted by Crippen LogP contribution is -2.63. The number of piperidine rings is 1. The maximum Gasteiger partial charge on any atom is 0.414 e. The van der Waals surface area contributed by atoms with Gasteiger partial charge in [-0.15, -0.1) is 11.6 Å². The standard InChI is InChI=1S/C30H47ClN2O5/c1-18-7-11-30-12-8-22(37-5)24(30)29(18,4)23(15-28(3,10-6-13-31)25(34)19(30)2)38-27(36)32-26(35)21-17-33-14-9-20(21)16-33/h18-24H,6-17H2,1-5H3,(H,32,35,36)/t18-,19+,20+,21+,22-,23-,24?,28-,29+,30?/m1/s1. The molecule has 2 heterocycles. The first-order valence-corrected chi connectivity index (χ1v) is 15.4. The lowest BCUT2D eigenvalue weighted by atomic mass is 9.43. The molecule has 2 aliphatic heterocycles. The van der Waals surface area contributed by atoms with E-state index in [4.69, 9.17) is 21.1 Å². The molecule has 5 aliphatic rings. The lowest BCUT2D eigenvalue weighted by Gasteiger charge is -2.61. The molecule has 0 aromatic carbocycles. The summed E-state index contributed by atoms with van der Waals surface area (Å²) >= 11 is 6.11. The Labute approximate surface area is 233 Å². The van der Waals surface area contributed by atoms with E-state index in [1.165, 1.54) is 0 Å². The average Bonchev–Trinajstić information content (AvgIpc) is 3.63. The highest BCUT2D eigenvalue weighted by molar-refractivity contribution is 6.17. The van der Waals surface area contributed by atoms with Crippen molar-refractivity contribution in [3.8, 4) is 0 Å². The summed E-state index contributed by atoms with van der Waals surface area (Å²) in [4.78, 5) is 43.1. The number of amides is 2. The van der Waals surface area contributed by atoms with E-state index in [9.17, 15) is 14.4 Å². The van der Waals surface area contributed by atoms with E-state index in [0.717, 1.165) is 51.6 Å². The molecule has 3 saturated carbocycles. The Morgan fingerprint density at radius 1 is 1.13 bits per heavy atom. The molecule has 5 fully saturated rings. The van der Waals surface area contributed by atoms with Crippen LogP contribution in [0.25, 0.3) is 0 Å². The predicted molar refractivity (Wildman–Crippen MR) is 146 cm³/mol. The number of Topliss-reactive ketones (excluding diaryl/α,β-unsaturated/α-hetero) is 1. The Bertz CT molecular complexity index is 961. The van der Waals surface area contributed by atoms with Gasteiger partial charge < -0.3 is 14.4 Å². The quantitative estimate of drug-likeness (QED) is 0.466. The number of ketones is 1. The van der Waals surface area contributed by atoms with Crippen molar-refractivity contribution in [1.82, 2.24) is 10.2 Å². The number of ether oxygens (including phenoxy) is 2. The second kappa shape index (κ2) is 10.3. The molecule has 7 nitrogen and oxygen atoms in total. The summed E-state index contributed by atoms with van der Waals surface area (Å²) in [5, 5.41) is 2.61. The molecule has 2 saturated heterocycles. The van der Waals surface area contributed by atoms with Gasteiger partial charge >= 0.3 is 6.09 Å². The van der Waals surface area contributed by atoms with Crippen molar-refractivity contribution in [2.75, 3.05) is 32.6 Å². The first kappa shape index (κ1) is 28.4. The van der Waals surface area contributed by atoms with Crippen LogP contribution in [-0.2, 0) is 19.1 Å². The topological polar surface area (TPSA) is 84.9 Å². The zero-order chi connectivity index (χ0) is 27.5. The van der Waals surface area contributed by atoms with Crippen LogP contribution in [0.1, 0.15) is 79.1 Å². The number of carbonyl (C=O) groups is 3. The van der Waals surface area contributed by atoms with Crippen LogP contribution in [0.4, 0.5) is 4.79 Å². The van der Waals surface area contributed by atoms with Crippen LogP contribution in [0, 0.1) is 45.8 Å². The fourth-order valence-electron chi connectivity index (χ4n) is 9.78. The maximum absolute atomic E-state index is 14.3. The third-order valence-corrected chi connectivity index (χ3v) is 12.4. The number of methoxy groups -OCH3 is 1. The van der Waals surface area contributed by atoms with Gasteiger partial charge in [0.2, 0.25) is 5.91 Å². The van der Waals surface area contributed by atoms with Crippen molar-refractivity contribution in [2.24, 2.45) is 45.8 Å². The van der Waals surface area contributed by atoms with Crippen LogP contribution in [-0.4, -0.2) is 67.5 Å². The van der Waals surface area contributed by atoms with E-state index in [-0.39, 0.29) is 52.3 Å². The zero-order valence-corrected chi connectivity index (χ0v) is 24.6. The van der Waals surface area contributed by atoms with Gasteiger partial charge in [0.25, 0.3) is 0 Å². The molecular formula is C30H47ClN2O5. The fourth-order valence-corrected chi connectivity index (χ4v) is 9.91. The predicted octanol–water partition coefficient (Wildman–Crippen LogP) is 5.04. The van der Waals surface area contributed by atoms with Gasteiger partial charge in [0.05, 0.1) is 12.0 Å². The van der Waals surface area contributed by atoms with E-state index >= 15 is 0 Å². The Kier molecular flexibility index (Phi) is 7.71. The highest BCUT2D eigenvalue weighted by Gasteiger charge is 2.68. The number of hydrogen-bond donors (Lipinski definition) is 1. The maximum atomic E-state index is 14.3. The summed E-state index contributed by atoms with van der Waals surface area (Å²) in [6, 6.07) is 0. The molecular weight excluding hydrogens is 504 g/mol. The number of nitrogens with zero attached hydrogens (tertiary/aromatic N) is 1. The third kappa shape index (κ3) is 4.34. The molecule has 11 atom stereocenters. The fraction of sp³-hybridized carbons (Fsp3) is 0.900. The number of nitrogens with one attached hydrogen (secondary N) is 1. The summed E-state index contributed by atoms with van der Waals surface area (Å²) in [6.07, 6.45) is 5.53. The first-order valence-electron chi connectivity index (χ1n) is 14.9. The molecule has 38 heavy (non-hydrogen) atoms. The minimum absolute atomic E-state index is 0.0177. The van der Waals surface area contributed by atoms with Crippen molar-refractivity contribution in [3.05, 3.63) is 0 Å². The van der Waals surface area contributed by atoms with E-state index in [2.05, 4.69) is 31.0 Å². The van der Waals surface area contributed by atoms with Crippen molar-refractivity contribution < 1.29 is 23.9 Å². The average molecular weight is 551 g/mol. The van der Waals surface area contributed by atoms with Crippen LogP contribution in [0.5, 0.6) is 0 Å². The molecule has 5 rings (SSSR count). The number of imide groups is 1. The number of hydrogen-bond acceptors (Lipinski definition) is 6. The Hall–Kier alpha value is -1.18. The zero-order valence-electron chi connectivity index (χ0n) is 23.9. The second-order valence-corrected chi connectivity index (χ2v) is 14.1. The van der Waals surface area contributed by atoms with Gasteiger partial charge in [-0.2, -0.15) is 0 Å². The summed E-state index contributed by atoms with van der Waals surface area (Å²) in [5.74, 6) is 0.979. The summed E-state index contributed by atoms with van der Waals surface area (Å²) in [7, 11) is 1.77. The number of alkyl halides is 1. The molecule has 4 bridgehead atoms. The number of carbonyl (C=O) groups excluding carboxylic acids is 3. The Balaban J connectivity index is 1.48. The van der Waals surface area contributed by atoms with Crippen molar-refractivity contribution >= 4 is 29.4 Å². The molecule has 3 unspecified atom stereocenters.